The van der Waals surface area contributed by atoms with Gasteiger partial charge in [0.1, 0.15) is 41.3 Å². The molecule has 1 saturated heterocycles. The Balaban J connectivity index is 0.829. The number of likely N-dealkylation sites (tertiary alicyclic amines) is 1. The highest BCUT2D eigenvalue weighted by Crippen LogP contribution is 2.40. The molecule has 0 saturated carbocycles. The largest absolute Gasteiger partial charge is 0.492 e. The third-order valence-corrected chi connectivity index (χ3v) is 14.0. The van der Waals surface area contributed by atoms with Gasteiger partial charge in [0.15, 0.2) is 5.82 Å². The Morgan fingerprint density at radius 1 is 0.913 bits per heavy atom. The standard InChI is InChI=1S/C51H57ClN10O6S/c1-28-30(3)69-50-43(28)45(35-14-16-36(52)17-15-35)57-39(47-60-59-31(4)62(47)50)24-41(64)53-20-21-68-38-18-10-32(11-19-38)22-42(65)58-46(51(5,6)7)49(67)61-26-37(63)23-40(61)48(66)54-25-33-8-12-34(13-9-33)44-29(2)55-27-56-44/h8-19,27,37,39-40,46,63H,20-26H2,1-7H3,(H,53,64)(H,54,66)(H,55,56)(H,58,65)/t37-,39+,40+,46?/m1/s1. The molecule has 1 fully saturated rings. The molecular formula is C51H57ClN10O6S. The molecule has 4 atom stereocenters. The molecule has 0 radical (unpaired) electrons. The number of nitrogens with zero attached hydrogens (tertiary/aromatic N) is 6. The number of H-pyrrole nitrogens is 1. The van der Waals surface area contributed by atoms with Crippen LogP contribution in [-0.2, 0) is 32.1 Å². The van der Waals surface area contributed by atoms with Crippen LogP contribution in [0.1, 0.15) is 89.7 Å². The Kier molecular flexibility index (Phi) is 14.5. The predicted molar refractivity (Wildman–Crippen MR) is 265 cm³/mol. The zero-order valence-electron chi connectivity index (χ0n) is 39.7. The van der Waals surface area contributed by atoms with Crippen LogP contribution in [0.5, 0.6) is 5.75 Å². The minimum Gasteiger partial charge on any atom is -0.492 e. The Labute approximate surface area is 410 Å². The van der Waals surface area contributed by atoms with Crippen molar-refractivity contribution < 1.29 is 29.0 Å². The molecule has 69 heavy (non-hydrogen) atoms. The van der Waals surface area contributed by atoms with Crippen LogP contribution < -0.4 is 20.7 Å². The molecule has 360 valence electrons. The fraction of sp³-hybridized carbons (Fsp3) is 0.373. The maximum Gasteiger partial charge on any atom is 0.246 e. The number of nitrogens with one attached hydrogen (secondary N) is 4. The van der Waals surface area contributed by atoms with E-state index in [1.165, 1.54) is 4.90 Å². The zero-order chi connectivity index (χ0) is 49.1. The van der Waals surface area contributed by atoms with Gasteiger partial charge in [-0.05, 0) is 79.6 Å². The van der Waals surface area contributed by atoms with Crippen LogP contribution in [0, 0.1) is 33.1 Å². The molecule has 3 aromatic heterocycles. The summed E-state index contributed by atoms with van der Waals surface area (Å²) in [5.74, 6) is 0.442. The van der Waals surface area contributed by atoms with Crippen molar-refractivity contribution in [3.8, 4) is 22.0 Å². The summed E-state index contributed by atoms with van der Waals surface area (Å²) in [4.78, 5) is 69.7. The number of imidazole rings is 1. The van der Waals surface area contributed by atoms with Gasteiger partial charge in [-0.3, -0.25) is 28.7 Å². The van der Waals surface area contributed by atoms with Gasteiger partial charge in [-0.25, -0.2) is 4.98 Å². The maximum atomic E-state index is 14.2. The number of hydrogen-bond donors (Lipinski definition) is 5. The maximum absolute atomic E-state index is 14.2. The average Bonchev–Trinajstić information content (AvgIpc) is 4.09. The smallest absolute Gasteiger partial charge is 0.246 e. The van der Waals surface area contributed by atoms with Gasteiger partial charge < -0.3 is 35.7 Å². The quantitative estimate of drug-likeness (QED) is 0.0717. The van der Waals surface area contributed by atoms with Crippen molar-refractivity contribution in [2.45, 2.75) is 98.5 Å². The first-order valence-electron chi connectivity index (χ1n) is 22.9. The molecule has 5 heterocycles. The number of carbonyl (C=O) groups excluding carboxylic acids is 4. The number of aromatic amines is 1. The molecule has 5 N–H and O–H groups in total. The lowest BCUT2D eigenvalue weighted by molar-refractivity contribution is -0.144. The minimum absolute atomic E-state index is 0.00914. The number of amides is 4. The molecule has 6 aromatic rings. The highest BCUT2D eigenvalue weighted by molar-refractivity contribution is 7.15. The molecule has 0 aliphatic carbocycles. The second kappa shape index (κ2) is 20.5. The number of carbonyl (C=O) groups is 4. The minimum atomic E-state index is -0.966. The van der Waals surface area contributed by atoms with Crippen LogP contribution in [0.25, 0.3) is 16.3 Å². The van der Waals surface area contributed by atoms with Crippen LogP contribution in [0.15, 0.2) is 84.1 Å². The summed E-state index contributed by atoms with van der Waals surface area (Å²) in [5, 5.41) is 29.9. The molecule has 1 unspecified atom stereocenters. The van der Waals surface area contributed by atoms with Gasteiger partial charge >= 0.3 is 0 Å². The van der Waals surface area contributed by atoms with Crippen molar-refractivity contribution in [2.24, 2.45) is 10.4 Å². The van der Waals surface area contributed by atoms with Crippen molar-refractivity contribution in [3.05, 3.63) is 134 Å². The number of hydrogen-bond acceptors (Lipinski definition) is 11. The van der Waals surface area contributed by atoms with E-state index in [2.05, 4.69) is 50.0 Å². The van der Waals surface area contributed by atoms with Gasteiger partial charge in [-0.2, -0.15) is 0 Å². The van der Waals surface area contributed by atoms with E-state index in [0.29, 0.717) is 28.0 Å². The van der Waals surface area contributed by atoms with Crippen molar-refractivity contribution in [3.63, 3.8) is 0 Å². The van der Waals surface area contributed by atoms with Crippen LogP contribution in [0.3, 0.4) is 0 Å². The van der Waals surface area contributed by atoms with Crippen molar-refractivity contribution in [2.75, 3.05) is 19.7 Å². The SMILES string of the molecule is Cc1nc[nH]c1-c1ccc(CNC(=O)[C@@H]2C[C@@H](O)CN2C(=O)C(NC(=O)Cc2ccc(OCCNC(=O)C[C@@H]3N=C(c4ccc(Cl)cc4)c4c(sc(C)c4C)-n4c(C)nnc43)cc2)C(C)(C)C)cc1. The number of rotatable bonds is 15. The van der Waals surface area contributed by atoms with Crippen molar-refractivity contribution >= 4 is 52.3 Å². The van der Waals surface area contributed by atoms with E-state index >= 15 is 0 Å². The summed E-state index contributed by atoms with van der Waals surface area (Å²) < 4.78 is 7.95. The highest BCUT2D eigenvalue weighted by atomic mass is 35.5. The molecule has 3 aromatic carbocycles. The van der Waals surface area contributed by atoms with Crippen molar-refractivity contribution in [1.82, 2.24) is 45.6 Å². The first kappa shape index (κ1) is 48.8. The zero-order valence-corrected chi connectivity index (χ0v) is 41.3. The van der Waals surface area contributed by atoms with Gasteiger partial charge in [0.05, 0.1) is 48.9 Å². The number of benzene rings is 3. The highest BCUT2D eigenvalue weighted by Gasteiger charge is 2.44. The normalized spacial score (nSPS) is 17.0. The molecule has 18 heteroatoms. The van der Waals surface area contributed by atoms with Crippen LogP contribution in [0.4, 0.5) is 0 Å². The van der Waals surface area contributed by atoms with Gasteiger partial charge in [-0.15, -0.1) is 21.5 Å². The third kappa shape index (κ3) is 11.0. The van der Waals surface area contributed by atoms with Gasteiger partial charge in [0.25, 0.3) is 0 Å². The molecule has 8 rings (SSSR count). The molecule has 2 aliphatic heterocycles. The Bertz CT molecular complexity index is 2880. The summed E-state index contributed by atoms with van der Waals surface area (Å²) in [6.45, 7) is 14.2. The van der Waals surface area contributed by atoms with E-state index in [9.17, 15) is 24.3 Å². The molecule has 16 nitrogen and oxygen atoms in total. The number of aromatic nitrogens is 5. The second-order valence-electron chi connectivity index (χ2n) is 18.7. The first-order valence-corrected chi connectivity index (χ1v) is 24.1. The van der Waals surface area contributed by atoms with Crippen LogP contribution >= 0.6 is 22.9 Å². The van der Waals surface area contributed by atoms with Crippen molar-refractivity contribution in [1.29, 1.82) is 0 Å². The Hall–Kier alpha value is -6.69. The van der Waals surface area contributed by atoms with E-state index in [-0.39, 0.29) is 63.2 Å². The summed E-state index contributed by atoms with van der Waals surface area (Å²) in [6.07, 6.45) is 0.881. The number of aliphatic hydroxyl groups excluding tert-OH is 1. The molecule has 0 bridgehead atoms. The fourth-order valence-corrected chi connectivity index (χ4v) is 10.1. The third-order valence-electron chi connectivity index (χ3n) is 12.5. The molecule has 2 aliphatic rings. The van der Waals surface area contributed by atoms with Crippen LogP contribution in [-0.4, -0.2) is 102 Å². The average molecular weight is 974 g/mol. The van der Waals surface area contributed by atoms with E-state index in [0.717, 1.165) is 54.8 Å². The summed E-state index contributed by atoms with van der Waals surface area (Å²) in [6, 6.07) is 19.8. The molecule has 0 spiro atoms. The van der Waals surface area contributed by atoms with E-state index in [1.54, 1.807) is 41.9 Å². The summed E-state index contributed by atoms with van der Waals surface area (Å²) in [5.41, 5.74) is 7.40. The number of ether oxygens (including phenoxy) is 1. The fourth-order valence-electron chi connectivity index (χ4n) is 8.71. The van der Waals surface area contributed by atoms with Gasteiger partial charge in [0, 0.05) is 40.5 Å². The van der Waals surface area contributed by atoms with Gasteiger partial charge in [-0.1, -0.05) is 80.9 Å². The Morgan fingerprint density at radius 3 is 2.29 bits per heavy atom. The molecule has 4 amide bonds. The number of halogens is 1. The topological polar surface area (TPSA) is 209 Å². The van der Waals surface area contributed by atoms with Gasteiger partial charge in [0.2, 0.25) is 23.6 Å². The number of fused-ring (bicyclic) bond motifs is 3. The number of aliphatic hydroxyl groups is 1. The predicted octanol–water partition coefficient (Wildman–Crippen LogP) is 6.43. The lowest BCUT2D eigenvalue weighted by atomic mass is 9.85. The van der Waals surface area contributed by atoms with E-state index < -0.39 is 35.6 Å². The molecular weight excluding hydrogens is 916 g/mol. The second-order valence-corrected chi connectivity index (χ2v) is 20.3. The first-order chi connectivity index (χ1) is 32.9. The monoisotopic (exact) mass is 972 g/mol. The van der Waals surface area contributed by atoms with Crippen LogP contribution in [0.2, 0.25) is 5.02 Å². The summed E-state index contributed by atoms with van der Waals surface area (Å²) >= 11 is 7.90. The number of aliphatic imine (C=N–C) groups is 1. The van der Waals surface area contributed by atoms with E-state index in [4.69, 9.17) is 21.3 Å². The number of thiophene rings is 1. The lowest BCUT2D eigenvalue weighted by Gasteiger charge is -2.35. The number of β-amino-alcohol motifs (C(OH)–C–C–N with tert-alkyl or cyclic N) is 1. The lowest BCUT2D eigenvalue weighted by Crippen LogP contribution is -2.58. The Morgan fingerprint density at radius 2 is 1.61 bits per heavy atom. The number of aryl methyl sites for hydroxylation is 3. The van der Waals surface area contributed by atoms with E-state index in [1.807, 2.05) is 87.7 Å². The summed E-state index contributed by atoms with van der Waals surface area (Å²) in [7, 11) is 0.